The van der Waals surface area contributed by atoms with Crippen molar-refractivity contribution >= 4 is 23.5 Å². The van der Waals surface area contributed by atoms with Gasteiger partial charge < -0.3 is 10.0 Å². The molecule has 1 amide bonds. The Morgan fingerprint density at radius 2 is 2.31 bits per heavy atom. The lowest BCUT2D eigenvalue weighted by molar-refractivity contribution is -0.151. The standard InChI is InChI=1S/C8H12ClNO3/c9-5-7(11)10-4-2-1-3-6(10)8(12)13/h6H,1-5H2,(H,12,13)/t6-/m0/s1/i5D/t5?,6-. The quantitative estimate of drug-likeness (QED) is 0.677. The molecule has 4 nitrogen and oxygen atoms in total. The Morgan fingerprint density at radius 3 is 2.85 bits per heavy atom. The van der Waals surface area contributed by atoms with Gasteiger partial charge in [0.2, 0.25) is 5.91 Å². The molecule has 0 aliphatic carbocycles. The molecule has 1 fully saturated rings. The first-order valence-corrected chi connectivity index (χ1v) is 4.57. The van der Waals surface area contributed by atoms with E-state index < -0.39 is 23.8 Å². The highest BCUT2D eigenvalue weighted by molar-refractivity contribution is 6.27. The molecule has 0 aromatic heterocycles. The van der Waals surface area contributed by atoms with Crippen LogP contribution in [0.5, 0.6) is 0 Å². The number of alkyl halides is 1. The Kier molecular flexibility index (Phi) is 3.02. The molecule has 0 aromatic rings. The van der Waals surface area contributed by atoms with E-state index in [0.717, 1.165) is 12.8 Å². The lowest BCUT2D eigenvalue weighted by Gasteiger charge is -2.32. The van der Waals surface area contributed by atoms with Gasteiger partial charge in [-0.3, -0.25) is 4.79 Å². The molecule has 0 aromatic carbocycles. The zero-order chi connectivity index (χ0) is 10.7. The zero-order valence-electron chi connectivity index (χ0n) is 8.07. The molecule has 1 rings (SSSR count). The highest BCUT2D eigenvalue weighted by atomic mass is 35.5. The van der Waals surface area contributed by atoms with Crippen molar-refractivity contribution in [2.45, 2.75) is 25.3 Å². The summed E-state index contributed by atoms with van der Waals surface area (Å²) >= 11 is 5.31. The summed E-state index contributed by atoms with van der Waals surface area (Å²) in [6, 6.07) is -0.803. The van der Waals surface area contributed by atoms with Gasteiger partial charge in [-0.1, -0.05) is 0 Å². The predicted molar refractivity (Wildman–Crippen MR) is 47.7 cm³/mol. The second-order valence-corrected chi connectivity index (χ2v) is 3.21. The summed E-state index contributed by atoms with van der Waals surface area (Å²) in [6.07, 6.45) is 2.02. The predicted octanol–water partition coefficient (Wildman–Crippen LogP) is 0.691. The Labute approximate surface area is 82.9 Å². The maximum Gasteiger partial charge on any atom is 0.326 e. The number of carbonyl (C=O) groups excluding carboxylic acids is 1. The first kappa shape index (κ1) is 8.81. The fourth-order valence-corrected chi connectivity index (χ4v) is 1.64. The molecule has 2 atom stereocenters. The molecule has 1 aliphatic heterocycles. The number of amides is 1. The largest absolute Gasteiger partial charge is 0.480 e. The molecular formula is C8H12ClNO3. The van der Waals surface area contributed by atoms with Crippen LogP contribution >= 0.6 is 11.6 Å². The van der Waals surface area contributed by atoms with Crippen LogP contribution in [-0.2, 0) is 9.59 Å². The lowest BCUT2D eigenvalue weighted by Crippen LogP contribution is -2.48. The van der Waals surface area contributed by atoms with Gasteiger partial charge in [-0.25, -0.2) is 4.79 Å². The van der Waals surface area contributed by atoms with E-state index in [0.29, 0.717) is 13.0 Å². The number of hydrogen-bond acceptors (Lipinski definition) is 2. The van der Waals surface area contributed by atoms with E-state index in [2.05, 4.69) is 0 Å². The maximum atomic E-state index is 11.4. The van der Waals surface area contributed by atoms with E-state index in [1.807, 2.05) is 0 Å². The van der Waals surface area contributed by atoms with Gasteiger partial charge in [0.05, 0.1) is 1.37 Å². The molecule has 0 spiro atoms. The van der Waals surface area contributed by atoms with Gasteiger partial charge in [0.15, 0.2) is 0 Å². The second kappa shape index (κ2) is 4.46. The number of carboxylic acid groups (broad SMARTS) is 1. The number of likely N-dealkylation sites (tertiary alicyclic amines) is 1. The van der Waals surface area contributed by atoms with Crippen LogP contribution in [0.15, 0.2) is 0 Å². The minimum Gasteiger partial charge on any atom is -0.480 e. The first-order chi connectivity index (χ1) is 6.54. The highest BCUT2D eigenvalue weighted by Gasteiger charge is 2.31. The molecule has 5 heteroatoms. The Morgan fingerprint density at radius 1 is 1.62 bits per heavy atom. The van der Waals surface area contributed by atoms with Crippen LogP contribution in [0.3, 0.4) is 0 Å². The molecule has 1 unspecified atom stereocenters. The SMILES string of the molecule is [2H]C(Cl)C(=O)N1CCCC[C@H]1C(=O)O. The molecule has 1 saturated heterocycles. The number of halogens is 1. The number of nitrogens with zero attached hydrogens (tertiary/aromatic N) is 1. The van der Waals surface area contributed by atoms with Crippen molar-refractivity contribution in [2.24, 2.45) is 0 Å². The van der Waals surface area contributed by atoms with Gasteiger partial charge in [0.1, 0.15) is 11.9 Å². The topological polar surface area (TPSA) is 57.6 Å². The summed E-state index contributed by atoms with van der Waals surface area (Å²) in [4.78, 5) is 23.3. The Balaban J connectivity index is 2.72. The fourth-order valence-electron chi connectivity index (χ4n) is 1.51. The number of carbonyl (C=O) groups is 2. The molecule has 0 saturated carbocycles. The molecule has 1 aliphatic rings. The van der Waals surface area contributed by atoms with E-state index in [-0.39, 0.29) is 0 Å². The fraction of sp³-hybridized carbons (Fsp3) is 0.750. The van der Waals surface area contributed by atoms with Gasteiger partial charge in [-0.2, -0.15) is 0 Å². The highest BCUT2D eigenvalue weighted by Crippen LogP contribution is 2.17. The normalized spacial score (nSPS) is 26.4. The summed E-state index contributed by atoms with van der Waals surface area (Å²) in [5.74, 6) is -3.02. The number of aliphatic carboxylic acids is 1. The smallest absolute Gasteiger partial charge is 0.326 e. The van der Waals surface area contributed by atoms with Crippen molar-refractivity contribution in [2.75, 3.05) is 12.4 Å². The first-order valence-electron chi connectivity index (χ1n) is 4.71. The van der Waals surface area contributed by atoms with Crippen LogP contribution < -0.4 is 0 Å². The van der Waals surface area contributed by atoms with Crippen LogP contribution in [0.25, 0.3) is 0 Å². The van der Waals surface area contributed by atoms with E-state index in [9.17, 15) is 9.59 Å². The molecule has 74 valence electrons. The van der Waals surface area contributed by atoms with Crippen LogP contribution in [0, 0.1) is 0 Å². The Hall–Kier alpha value is -0.770. The third-order valence-electron chi connectivity index (χ3n) is 2.16. The third kappa shape index (κ3) is 2.34. The monoisotopic (exact) mass is 206 g/mol. The van der Waals surface area contributed by atoms with E-state index >= 15 is 0 Å². The van der Waals surface area contributed by atoms with Gasteiger partial charge >= 0.3 is 5.97 Å². The van der Waals surface area contributed by atoms with E-state index in [4.69, 9.17) is 18.1 Å². The number of piperidine rings is 1. The van der Waals surface area contributed by atoms with Crippen molar-refractivity contribution in [1.82, 2.24) is 4.90 Å². The van der Waals surface area contributed by atoms with Crippen LogP contribution in [0.4, 0.5) is 0 Å². The Bertz CT molecular complexity index is 247. The van der Waals surface area contributed by atoms with Crippen LogP contribution in [-0.4, -0.2) is 40.3 Å². The summed E-state index contributed by atoms with van der Waals surface area (Å²) in [5.41, 5.74) is 0. The molecule has 0 bridgehead atoms. The van der Waals surface area contributed by atoms with Crippen LogP contribution in [0.2, 0.25) is 0 Å². The minimum atomic E-state index is -1.39. The molecule has 13 heavy (non-hydrogen) atoms. The lowest BCUT2D eigenvalue weighted by atomic mass is 10.0. The van der Waals surface area contributed by atoms with Gasteiger partial charge in [0, 0.05) is 6.54 Å². The zero-order valence-corrected chi connectivity index (χ0v) is 7.83. The van der Waals surface area contributed by atoms with E-state index in [1.54, 1.807) is 0 Å². The second-order valence-electron chi connectivity index (χ2n) is 2.99. The van der Waals surface area contributed by atoms with Gasteiger partial charge in [-0.05, 0) is 19.3 Å². The third-order valence-corrected chi connectivity index (χ3v) is 2.35. The average molecular weight is 207 g/mol. The van der Waals surface area contributed by atoms with Crippen molar-refractivity contribution in [1.29, 1.82) is 0 Å². The van der Waals surface area contributed by atoms with Crippen molar-refractivity contribution < 1.29 is 16.1 Å². The molecule has 0 radical (unpaired) electrons. The summed E-state index contributed by atoms with van der Waals surface area (Å²) in [6.45, 7) is 0.387. The summed E-state index contributed by atoms with van der Waals surface area (Å²) < 4.78 is 7.03. The average Bonchev–Trinajstić information content (AvgIpc) is 2.16. The number of rotatable bonds is 2. The minimum absolute atomic E-state index is 0.387. The van der Waals surface area contributed by atoms with Crippen molar-refractivity contribution in [3.8, 4) is 0 Å². The van der Waals surface area contributed by atoms with Crippen molar-refractivity contribution in [3.05, 3.63) is 0 Å². The van der Waals surface area contributed by atoms with Gasteiger partial charge in [0.25, 0.3) is 0 Å². The summed E-state index contributed by atoms with van der Waals surface area (Å²) in [5, 5.41) is 8.84. The van der Waals surface area contributed by atoms with Gasteiger partial charge in [-0.15, -0.1) is 11.6 Å². The molecule has 1 N–H and O–H groups in total. The molecule has 1 heterocycles. The van der Waals surface area contributed by atoms with Crippen molar-refractivity contribution in [3.63, 3.8) is 0 Å². The number of hydrogen-bond donors (Lipinski definition) is 1. The summed E-state index contributed by atoms with van der Waals surface area (Å²) in [7, 11) is 0. The van der Waals surface area contributed by atoms with Crippen LogP contribution in [0.1, 0.15) is 20.6 Å². The molecular weight excluding hydrogens is 194 g/mol. The maximum absolute atomic E-state index is 11.4. The van der Waals surface area contributed by atoms with E-state index in [1.165, 1.54) is 4.90 Å². The number of carboxylic acids is 1.